The Bertz CT molecular complexity index is 782. The number of hydrogen-bond donors (Lipinski definition) is 0. The molecule has 1 aliphatic heterocycles. The largest absolute Gasteiger partial charge is 0.469 e. The molecule has 3 rings (SSSR count). The molecular formula is C19H25N5O3. The summed E-state index contributed by atoms with van der Waals surface area (Å²) in [6.07, 6.45) is 1.23. The summed E-state index contributed by atoms with van der Waals surface area (Å²) in [6.45, 7) is 4.99. The predicted octanol–water partition coefficient (Wildman–Crippen LogP) is 1.95. The van der Waals surface area contributed by atoms with Gasteiger partial charge in [-0.1, -0.05) is 44.2 Å². The van der Waals surface area contributed by atoms with Gasteiger partial charge in [-0.15, -0.1) is 10.2 Å². The van der Waals surface area contributed by atoms with Crippen molar-refractivity contribution in [1.29, 1.82) is 0 Å². The van der Waals surface area contributed by atoms with Gasteiger partial charge in [-0.2, -0.15) is 4.80 Å². The Morgan fingerprint density at radius 1 is 1.15 bits per heavy atom. The second kappa shape index (κ2) is 8.28. The van der Waals surface area contributed by atoms with Crippen molar-refractivity contribution in [2.75, 3.05) is 20.2 Å². The number of benzene rings is 1. The summed E-state index contributed by atoms with van der Waals surface area (Å²) in [6, 6.07) is 9.03. The number of aromatic nitrogens is 4. The molecule has 2 aromatic rings. The van der Waals surface area contributed by atoms with E-state index < -0.39 is 6.04 Å². The lowest BCUT2D eigenvalue weighted by Gasteiger charge is -2.33. The third-order valence-electron chi connectivity index (χ3n) is 4.93. The summed E-state index contributed by atoms with van der Waals surface area (Å²) in [5.41, 5.74) is 0.859. The number of carbonyl (C=O) groups excluding carboxylic acids is 2. The molecule has 0 radical (unpaired) electrons. The van der Waals surface area contributed by atoms with Crippen molar-refractivity contribution < 1.29 is 14.3 Å². The molecule has 1 aromatic heterocycles. The number of methoxy groups -OCH3 is 1. The number of nitrogens with zero attached hydrogens (tertiary/aromatic N) is 5. The molecule has 0 saturated carbocycles. The van der Waals surface area contributed by atoms with Crippen LogP contribution in [-0.2, 0) is 14.3 Å². The number of amides is 1. The summed E-state index contributed by atoms with van der Waals surface area (Å²) in [5.74, 6) is 0.135. The maximum atomic E-state index is 13.1. The van der Waals surface area contributed by atoms with E-state index in [1.807, 2.05) is 44.2 Å². The maximum Gasteiger partial charge on any atom is 0.308 e. The fourth-order valence-electron chi connectivity index (χ4n) is 3.39. The van der Waals surface area contributed by atoms with Gasteiger partial charge in [0.25, 0.3) is 0 Å². The van der Waals surface area contributed by atoms with Gasteiger partial charge in [-0.25, -0.2) is 0 Å². The molecule has 1 unspecified atom stereocenters. The molecule has 8 heteroatoms. The smallest absolute Gasteiger partial charge is 0.308 e. The topological polar surface area (TPSA) is 90.2 Å². The Balaban J connectivity index is 1.74. The Morgan fingerprint density at radius 3 is 2.41 bits per heavy atom. The lowest BCUT2D eigenvalue weighted by molar-refractivity contribution is -0.150. The Morgan fingerprint density at radius 2 is 1.81 bits per heavy atom. The van der Waals surface area contributed by atoms with Gasteiger partial charge in [0.05, 0.1) is 13.0 Å². The van der Waals surface area contributed by atoms with E-state index in [1.54, 1.807) is 4.90 Å². The highest BCUT2D eigenvalue weighted by molar-refractivity contribution is 5.81. The summed E-state index contributed by atoms with van der Waals surface area (Å²) in [4.78, 5) is 28.0. The van der Waals surface area contributed by atoms with E-state index in [0.717, 1.165) is 5.56 Å². The third kappa shape index (κ3) is 4.15. The standard InChI is InChI=1S/C19H25N5O3/c1-13(2)16(18(25)23-11-9-15(10-12-23)19(26)27-3)24-21-17(20-22-24)14-7-5-4-6-8-14/h4-8,13,15-16H,9-12H2,1-3H3. The van der Waals surface area contributed by atoms with Gasteiger partial charge in [0.1, 0.15) is 0 Å². The van der Waals surface area contributed by atoms with Crippen LogP contribution in [0.3, 0.4) is 0 Å². The molecule has 1 atom stereocenters. The van der Waals surface area contributed by atoms with Crippen LogP contribution in [0.2, 0.25) is 0 Å². The molecule has 1 amide bonds. The number of esters is 1. The molecule has 144 valence electrons. The average molecular weight is 371 g/mol. The molecule has 27 heavy (non-hydrogen) atoms. The number of rotatable bonds is 5. The van der Waals surface area contributed by atoms with Crippen LogP contribution in [0.4, 0.5) is 0 Å². The first-order valence-corrected chi connectivity index (χ1v) is 9.22. The zero-order valence-electron chi connectivity index (χ0n) is 15.9. The minimum Gasteiger partial charge on any atom is -0.469 e. The second-order valence-corrected chi connectivity index (χ2v) is 7.11. The van der Waals surface area contributed by atoms with Crippen LogP contribution in [0, 0.1) is 11.8 Å². The summed E-state index contributed by atoms with van der Waals surface area (Å²) in [7, 11) is 1.40. The molecule has 1 fully saturated rings. The number of hydrogen-bond acceptors (Lipinski definition) is 6. The SMILES string of the molecule is COC(=O)C1CCN(C(=O)C(C(C)C)n2nnc(-c3ccccc3)n2)CC1. The zero-order valence-corrected chi connectivity index (χ0v) is 15.9. The predicted molar refractivity (Wildman–Crippen MR) is 98.4 cm³/mol. The number of likely N-dealkylation sites (tertiary alicyclic amines) is 1. The summed E-state index contributed by atoms with van der Waals surface area (Å²) >= 11 is 0. The molecule has 1 saturated heterocycles. The van der Waals surface area contributed by atoms with E-state index in [4.69, 9.17) is 4.74 Å². The highest BCUT2D eigenvalue weighted by atomic mass is 16.5. The van der Waals surface area contributed by atoms with Gasteiger partial charge in [0.15, 0.2) is 6.04 Å². The van der Waals surface area contributed by atoms with E-state index in [0.29, 0.717) is 31.8 Å². The van der Waals surface area contributed by atoms with Crippen molar-refractivity contribution in [3.05, 3.63) is 30.3 Å². The van der Waals surface area contributed by atoms with Crippen molar-refractivity contribution >= 4 is 11.9 Å². The van der Waals surface area contributed by atoms with Crippen molar-refractivity contribution in [2.24, 2.45) is 11.8 Å². The van der Waals surface area contributed by atoms with E-state index in [-0.39, 0.29) is 23.7 Å². The molecule has 1 aromatic carbocycles. The average Bonchev–Trinajstić information content (AvgIpc) is 3.17. The molecule has 0 aliphatic carbocycles. The fourth-order valence-corrected chi connectivity index (χ4v) is 3.39. The highest BCUT2D eigenvalue weighted by Gasteiger charge is 2.34. The van der Waals surface area contributed by atoms with Gasteiger partial charge >= 0.3 is 5.97 Å². The maximum absolute atomic E-state index is 13.1. The van der Waals surface area contributed by atoms with Gasteiger partial charge in [-0.05, 0) is 24.0 Å². The van der Waals surface area contributed by atoms with E-state index in [9.17, 15) is 9.59 Å². The first kappa shape index (κ1) is 19.0. The minimum atomic E-state index is -0.523. The van der Waals surface area contributed by atoms with Crippen molar-refractivity contribution in [2.45, 2.75) is 32.7 Å². The van der Waals surface area contributed by atoms with Crippen LogP contribution >= 0.6 is 0 Å². The summed E-state index contributed by atoms with van der Waals surface area (Å²) < 4.78 is 4.81. The Hall–Kier alpha value is -2.77. The number of carbonyl (C=O) groups is 2. The normalized spacial score (nSPS) is 16.4. The van der Waals surface area contributed by atoms with Crippen molar-refractivity contribution in [1.82, 2.24) is 25.1 Å². The zero-order chi connectivity index (χ0) is 19.4. The number of ether oxygens (including phenoxy) is 1. The van der Waals surface area contributed by atoms with Crippen LogP contribution in [0.15, 0.2) is 30.3 Å². The van der Waals surface area contributed by atoms with Crippen molar-refractivity contribution in [3.8, 4) is 11.4 Å². The summed E-state index contributed by atoms with van der Waals surface area (Å²) in [5, 5.41) is 12.7. The number of piperidine rings is 1. The highest BCUT2D eigenvalue weighted by Crippen LogP contribution is 2.25. The molecular weight excluding hydrogens is 346 g/mol. The van der Waals surface area contributed by atoms with Crippen LogP contribution in [0.25, 0.3) is 11.4 Å². The van der Waals surface area contributed by atoms with Gasteiger partial charge in [0, 0.05) is 18.7 Å². The first-order valence-electron chi connectivity index (χ1n) is 9.22. The van der Waals surface area contributed by atoms with Crippen molar-refractivity contribution in [3.63, 3.8) is 0 Å². The van der Waals surface area contributed by atoms with Gasteiger partial charge in [0.2, 0.25) is 11.7 Å². The van der Waals surface area contributed by atoms with Crippen LogP contribution in [0.1, 0.15) is 32.7 Å². The van der Waals surface area contributed by atoms with Gasteiger partial charge < -0.3 is 9.64 Å². The van der Waals surface area contributed by atoms with Crippen LogP contribution in [0.5, 0.6) is 0 Å². The van der Waals surface area contributed by atoms with Crippen LogP contribution in [-0.4, -0.2) is 57.2 Å². The molecule has 0 N–H and O–H groups in total. The quantitative estimate of drug-likeness (QED) is 0.746. The van der Waals surface area contributed by atoms with E-state index in [2.05, 4.69) is 15.4 Å². The monoisotopic (exact) mass is 371 g/mol. The molecule has 1 aliphatic rings. The lowest BCUT2D eigenvalue weighted by atomic mass is 9.95. The van der Waals surface area contributed by atoms with E-state index in [1.165, 1.54) is 11.9 Å². The molecule has 8 nitrogen and oxygen atoms in total. The molecule has 0 spiro atoms. The Kier molecular flexibility index (Phi) is 5.83. The number of tetrazole rings is 1. The van der Waals surface area contributed by atoms with E-state index >= 15 is 0 Å². The third-order valence-corrected chi connectivity index (χ3v) is 4.93. The molecule has 0 bridgehead atoms. The molecule has 2 heterocycles. The fraction of sp³-hybridized carbons (Fsp3) is 0.526. The lowest BCUT2D eigenvalue weighted by Crippen LogP contribution is -2.45. The van der Waals surface area contributed by atoms with Gasteiger partial charge in [-0.3, -0.25) is 9.59 Å². The minimum absolute atomic E-state index is 0.00801. The van der Waals surface area contributed by atoms with Crippen LogP contribution < -0.4 is 0 Å². The Labute approximate surface area is 158 Å². The second-order valence-electron chi connectivity index (χ2n) is 7.11. The first-order chi connectivity index (χ1) is 13.0.